The van der Waals surface area contributed by atoms with E-state index in [4.69, 9.17) is 44.6 Å². The molecular formula is C23H19Cl3N2O4. The molecular weight excluding hydrogens is 475 g/mol. The third-order valence-electron chi connectivity index (χ3n) is 4.59. The number of para-hydroxylation sites is 1. The molecule has 0 fully saturated rings. The van der Waals surface area contributed by atoms with E-state index in [9.17, 15) is 9.59 Å². The fourth-order valence-corrected chi connectivity index (χ4v) is 4.08. The summed E-state index contributed by atoms with van der Waals surface area (Å²) in [7, 11) is 1.56. The number of carbonyl (C=O) groups is 2. The Hall–Kier alpha value is -2.93. The number of carbonyl (C=O) groups excluding carboxylic acids is 1. The van der Waals surface area contributed by atoms with Crippen LogP contribution in [0.1, 0.15) is 11.1 Å². The molecule has 0 unspecified atom stereocenters. The summed E-state index contributed by atoms with van der Waals surface area (Å²) in [6.45, 7) is 0.194. The van der Waals surface area contributed by atoms with Crippen molar-refractivity contribution < 1.29 is 19.4 Å². The van der Waals surface area contributed by atoms with Gasteiger partial charge in [-0.25, -0.2) is 4.79 Å². The average Bonchev–Trinajstić information content (AvgIpc) is 2.73. The number of carboxylic acid groups (broad SMARTS) is 1. The minimum Gasteiger partial charge on any atom is -0.496 e. The van der Waals surface area contributed by atoms with Crippen molar-refractivity contribution >= 4 is 52.5 Å². The molecule has 0 bridgehead atoms. The lowest BCUT2D eigenvalue weighted by Crippen LogP contribution is -2.28. The maximum Gasteiger partial charge on any atom is 0.319 e. The predicted molar refractivity (Wildman–Crippen MR) is 127 cm³/mol. The topological polar surface area (TPSA) is 87.7 Å². The number of rotatable bonds is 7. The molecule has 0 aliphatic rings. The number of ether oxygens (including phenoxy) is 1. The lowest BCUT2D eigenvalue weighted by molar-refractivity contribution is -0.136. The molecule has 3 N–H and O–H groups in total. The summed E-state index contributed by atoms with van der Waals surface area (Å²) in [5.41, 5.74) is 3.00. The van der Waals surface area contributed by atoms with Gasteiger partial charge < -0.3 is 20.5 Å². The Morgan fingerprint density at radius 3 is 2.28 bits per heavy atom. The zero-order chi connectivity index (χ0) is 23.3. The number of amides is 2. The summed E-state index contributed by atoms with van der Waals surface area (Å²) in [6.07, 6.45) is -0.167. The molecule has 6 nitrogen and oxygen atoms in total. The first-order valence-corrected chi connectivity index (χ1v) is 10.6. The molecule has 0 aromatic heterocycles. The van der Waals surface area contributed by atoms with Gasteiger partial charge in [0.2, 0.25) is 0 Å². The molecule has 3 aromatic carbocycles. The average molecular weight is 494 g/mol. The first-order chi connectivity index (χ1) is 15.3. The fraction of sp³-hybridized carbons (Fsp3) is 0.130. The number of aliphatic carboxylic acids is 1. The molecule has 3 aromatic rings. The van der Waals surface area contributed by atoms with E-state index in [1.165, 1.54) is 0 Å². The van der Waals surface area contributed by atoms with Gasteiger partial charge in [-0.3, -0.25) is 4.79 Å². The molecule has 9 heteroatoms. The number of halogens is 3. The molecule has 0 heterocycles. The minimum absolute atomic E-state index is 0.167. The second-order valence-corrected chi connectivity index (χ2v) is 8.04. The van der Waals surface area contributed by atoms with Crippen LogP contribution in [0.25, 0.3) is 11.1 Å². The van der Waals surface area contributed by atoms with Crippen LogP contribution in [-0.4, -0.2) is 24.2 Å². The lowest BCUT2D eigenvalue weighted by Gasteiger charge is -2.14. The van der Waals surface area contributed by atoms with Gasteiger partial charge in [-0.1, -0.05) is 65.1 Å². The summed E-state index contributed by atoms with van der Waals surface area (Å²) < 4.78 is 5.38. The Labute approximate surface area is 200 Å². The van der Waals surface area contributed by atoms with Crippen LogP contribution in [-0.2, 0) is 17.8 Å². The van der Waals surface area contributed by atoms with Gasteiger partial charge >= 0.3 is 12.0 Å². The maximum atomic E-state index is 12.3. The number of nitrogens with one attached hydrogen (secondary N) is 2. The highest BCUT2D eigenvalue weighted by Gasteiger charge is 2.15. The monoisotopic (exact) mass is 492 g/mol. The Kier molecular flexibility index (Phi) is 7.85. The minimum atomic E-state index is -0.966. The van der Waals surface area contributed by atoms with Crippen LogP contribution in [0.2, 0.25) is 15.1 Å². The lowest BCUT2D eigenvalue weighted by atomic mass is 10.0. The van der Waals surface area contributed by atoms with E-state index >= 15 is 0 Å². The van der Waals surface area contributed by atoms with Gasteiger partial charge in [0.15, 0.2) is 0 Å². The van der Waals surface area contributed by atoms with E-state index in [-0.39, 0.29) is 13.0 Å². The molecule has 32 heavy (non-hydrogen) atoms. The summed E-state index contributed by atoms with van der Waals surface area (Å²) in [4.78, 5) is 23.1. The van der Waals surface area contributed by atoms with Crippen LogP contribution in [0.3, 0.4) is 0 Å². The number of anilines is 1. The largest absolute Gasteiger partial charge is 0.496 e. The van der Waals surface area contributed by atoms with Gasteiger partial charge in [-0.15, -0.1) is 0 Å². The summed E-state index contributed by atoms with van der Waals surface area (Å²) in [5.74, 6) is -0.339. The van der Waals surface area contributed by atoms with Gasteiger partial charge in [-0.2, -0.15) is 0 Å². The maximum absolute atomic E-state index is 12.3. The highest BCUT2D eigenvalue weighted by Crippen LogP contribution is 2.41. The molecule has 0 spiro atoms. The van der Waals surface area contributed by atoms with Crippen molar-refractivity contribution in [2.24, 2.45) is 0 Å². The van der Waals surface area contributed by atoms with Crippen molar-refractivity contribution in [2.45, 2.75) is 13.0 Å². The van der Waals surface area contributed by atoms with E-state index in [0.29, 0.717) is 37.6 Å². The van der Waals surface area contributed by atoms with E-state index < -0.39 is 12.0 Å². The second kappa shape index (κ2) is 10.6. The SMILES string of the molecule is COc1ccccc1-c1c(Cl)cc(NC(=O)NCc2ccc(CC(=O)O)c(Cl)c2)cc1Cl. The van der Waals surface area contributed by atoms with Gasteiger partial charge in [0.05, 0.1) is 23.6 Å². The molecule has 3 rings (SSSR count). The first kappa shape index (κ1) is 23.7. The normalized spacial score (nSPS) is 10.5. The number of methoxy groups -OCH3 is 1. The van der Waals surface area contributed by atoms with Crippen LogP contribution in [0.5, 0.6) is 5.75 Å². The molecule has 2 amide bonds. The standard InChI is InChI=1S/C23H19Cl3N2O4/c1-32-20-5-3-2-4-16(20)22-18(25)10-15(11-19(22)26)28-23(31)27-12-13-6-7-14(9-21(29)30)17(24)8-13/h2-8,10-11H,9,12H2,1H3,(H,29,30)(H2,27,28,31). The summed E-state index contributed by atoms with van der Waals surface area (Å²) in [5, 5.41) is 15.3. The van der Waals surface area contributed by atoms with Gasteiger partial charge in [0.25, 0.3) is 0 Å². The van der Waals surface area contributed by atoms with Crippen molar-refractivity contribution in [1.82, 2.24) is 5.32 Å². The smallest absolute Gasteiger partial charge is 0.319 e. The van der Waals surface area contributed by atoms with Crippen molar-refractivity contribution in [3.05, 3.63) is 80.8 Å². The molecule has 0 radical (unpaired) electrons. The molecule has 0 saturated heterocycles. The van der Waals surface area contributed by atoms with E-state index in [1.807, 2.05) is 24.3 Å². The van der Waals surface area contributed by atoms with Crippen molar-refractivity contribution in [3.63, 3.8) is 0 Å². The van der Waals surface area contributed by atoms with Crippen LogP contribution in [0, 0.1) is 0 Å². The second-order valence-electron chi connectivity index (χ2n) is 6.82. The van der Waals surface area contributed by atoms with Gasteiger partial charge in [-0.05, 0) is 35.4 Å². The van der Waals surface area contributed by atoms with Crippen molar-refractivity contribution in [1.29, 1.82) is 0 Å². The summed E-state index contributed by atoms with van der Waals surface area (Å²) in [6, 6.07) is 15.0. The number of urea groups is 1. The van der Waals surface area contributed by atoms with Crippen molar-refractivity contribution in [2.75, 3.05) is 12.4 Å². The summed E-state index contributed by atoms with van der Waals surface area (Å²) >= 11 is 19.0. The third-order valence-corrected chi connectivity index (χ3v) is 5.54. The first-order valence-electron chi connectivity index (χ1n) is 9.45. The van der Waals surface area contributed by atoms with E-state index in [1.54, 1.807) is 37.4 Å². The zero-order valence-corrected chi connectivity index (χ0v) is 19.2. The van der Waals surface area contributed by atoms with E-state index in [2.05, 4.69) is 10.6 Å². The Morgan fingerprint density at radius 1 is 0.969 bits per heavy atom. The molecule has 0 atom stereocenters. The Bertz CT molecular complexity index is 1140. The highest BCUT2D eigenvalue weighted by molar-refractivity contribution is 6.40. The highest BCUT2D eigenvalue weighted by atomic mass is 35.5. The Morgan fingerprint density at radius 2 is 1.66 bits per heavy atom. The number of benzene rings is 3. The fourth-order valence-electron chi connectivity index (χ4n) is 3.12. The molecule has 166 valence electrons. The Balaban J connectivity index is 1.68. The van der Waals surface area contributed by atoms with E-state index in [0.717, 1.165) is 11.1 Å². The van der Waals surface area contributed by atoms with Crippen LogP contribution in [0.4, 0.5) is 10.5 Å². The van der Waals surface area contributed by atoms with Crippen LogP contribution < -0.4 is 15.4 Å². The van der Waals surface area contributed by atoms with Gasteiger partial charge in [0, 0.05) is 28.4 Å². The van der Waals surface area contributed by atoms with Crippen LogP contribution >= 0.6 is 34.8 Å². The predicted octanol–water partition coefficient (Wildman–Crippen LogP) is 6.27. The number of hydrogen-bond acceptors (Lipinski definition) is 3. The zero-order valence-electron chi connectivity index (χ0n) is 16.9. The molecule has 0 aliphatic carbocycles. The van der Waals surface area contributed by atoms with Crippen LogP contribution in [0.15, 0.2) is 54.6 Å². The van der Waals surface area contributed by atoms with Crippen molar-refractivity contribution in [3.8, 4) is 16.9 Å². The quantitative estimate of drug-likeness (QED) is 0.362. The number of carboxylic acids is 1. The number of hydrogen-bond donors (Lipinski definition) is 3. The molecule has 0 saturated carbocycles. The molecule has 0 aliphatic heterocycles. The third kappa shape index (κ3) is 5.85. The van der Waals surface area contributed by atoms with Gasteiger partial charge in [0.1, 0.15) is 5.75 Å².